The molecule has 0 radical (unpaired) electrons. The van der Waals surface area contributed by atoms with E-state index in [0.29, 0.717) is 12.1 Å². The van der Waals surface area contributed by atoms with Gasteiger partial charge in [0, 0.05) is 6.61 Å². The summed E-state index contributed by atoms with van der Waals surface area (Å²) in [5.41, 5.74) is 2.95. The van der Waals surface area contributed by atoms with Crippen LogP contribution < -0.4 is 5.32 Å². The summed E-state index contributed by atoms with van der Waals surface area (Å²) >= 11 is 0. The van der Waals surface area contributed by atoms with Crippen LogP contribution in [0.2, 0.25) is 0 Å². The molecule has 0 heterocycles. The Morgan fingerprint density at radius 2 is 2.06 bits per heavy atom. The van der Waals surface area contributed by atoms with Crippen molar-refractivity contribution in [2.75, 3.05) is 13.2 Å². The lowest BCUT2D eigenvalue weighted by atomic mass is 9.85. The van der Waals surface area contributed by atoms with Crippen molar-refractivity contribution >= 4 is 0 Å². The Morgan fingerprint density at radius 3 is 2.83 bits per heavy atom. The Kier molecular flexibility index (Phi) is 3.67. The lowest BCUT2D eigenvalue weighted by molar-refractivity contribution is 0.0101. The van der Waals surface area contributed by atoms with Crippen LogP contribution in [0.15, 0.2) is 24.3 Å². The number of hydrogen-bond acceptors (Lipinski definition) is 2. The molecule has 2 aliphatic carbocycles. The van der Waals surface area contributed by atoms with Gasteiger partial charge in [-0.05, 0) is 49.3 Å². The molecule has 2 atom stereocenters. The molecule has 0 aliphatic heterocycles. The monoisotopic (exact) mass is 245 g/mol. The second-order valence-corrected chi connectivity index (χ2v) is 5.59. The van der Waals surface area contributed by atoms with Gasteiger partial charge in [-0.15, -0.1) is 0 Å². The van der Waals surface area contributed by atoms with Crippen LogP contribution in [0.1, 0.15) is 43.4 Å². The summed E-state index contributed by atoms with van der Waals surface area (Å²) in [6, 6.07) is 9.20. The van der Waals surface area contributed by atoms with Crippen molar-refractivity contribution in [3.63, 3.8) is 0 Å². The maximum absolute atomic E-state index is 6.17. The van der Waals surface area contributed by atoms with E-state index in [1.54, 1.807) is 0 Å². The van der Waals surface area contributed by atoms with Crippen LogP contribution >= 0.6 is 0 Å². The molecule has 2 heteroatoms. The van der Waals surface area contributed by atoms with E-state index in [2.05, 4.69) is 36.5 Å². The molecule has 0 saturated heterocycles. The number of benzene rings is 1. The van der Waals surface area contributed by atoms with Crippen LogP contribution in [0.25, 0.3) is 0 Å². The van der Waals surface area contributed by atoms with Crippen molar-refractivity contribution in [1.29, 1.82) is 0 Å². The van der Waals surface area contributed by atoms with Crippen molar-refractivity contribution in [1.82, 2.24) is 5.32 Å². The van der Waals surface area contributed by atoms with Gasteiger partial charge in [-0.1, -0.05) is 31.2 Å². The predicted octanol–water partition coefficient (Wildman–Crippen LogP) is 3.08. The minimum absolute atomic E-state index is 0.362. The molecule has 2 unspecified atom stereocenters. The predicted molar refractivity (Wildman–Crippen MR) is 73.6 cm³/mol. The number of rotatable bonds is 5. The summed E-state index contributed by atoms with van der Waals surface area (Å²) < 4.78 is 6.17. The van der Waals surface area contributed by atoms with Crippen molar-refractivity contribution < 1.29 is 4.74 Å². The number of aryl methyl sites for hydroxylation is 1. The summed E-state index contributed by atoms with van der Waals surface area (Å²) in [5.74, 6) is 0.851. The summed E-state index contributed by atoms with van der Waals surface area (Å²) in [7, 11) is 0. The highest BCUT2D eigenvalue weighted by atomic mass is 16.5. The first-order valence-electron chi connectivity index (χ1n) is 7.31. The zero-order chi connectivity index (χ0) is 12.4. The van der Waals surface area contributed by atoms with Crippen LogP contribution in [-0.2, 0) is 11.2 Å². The van der Waals surface area contributed by atoms with Gasteiger partial charge in [-0.25, -0.2) is 0 Å². The normalized spacial score (nSPS) is 26.9. The third-order valence-corrected chi connectivity index (χ3v) is 4.13. The quantitative estimate of drug-likeness (QED) is 0.860. The zero-order valence-corrected chi connectivity index (χ0v) is 11.2. The van der Waals surface area contributed by atoms with Crippen LogP contribution in [0.4, 0.5) is 0 Å². The summed E-state index contributed by atoms with van der Waals surface area (Å²) in [6.45, 7) is 4.15. The fourth-order valence-electron chi connectivity index (χ4n) is 2.92. The minimum atomic E-state index is 0.362. The molecule has 1 saturated carbocycles. The Balaban J connectivity index is 1.74. The molecule has 0 amide bonds. The smallest absolute Gasteiger partial charge is 0.0773 e. The molecule has 3 rings (SSSR count). The van der Waals surface area contributed by atoms with E-state index >= 15 is 0 Å². The minimum Gasteiger partial charge on any atom is -0.376 e. The molecule has 1 aromatic rings. The third kappa shape index (κ3) is 2.60. The van der Waals surface area contributed by atoms with Gasteiger partial charge in [-0.2, -0.15) is 0 Å². The maximum Gasteiger partial charge on any atom is 0.0773 e. The van der Waals surface area contributed by atoms with E-state index < -0.39 is 0 Å². The fourth-order valence-corrected chi connectivity index (χ4v) is 2.92. The van der Waals surface area contributed by atoms with Crippen molar-refractivity contribution in [2.24, 2.45) is 5.92 Å². The number of ether oxygens (including phenoxy) is 1. The zero-order valence-electron chi connectivity index (χ0n) is 11.2. The molecule has 0 aromatic heterocycles. The molecule has 98 valence electrons. The number of fused-ring (bicyclic) bond motifs is 1. The number of hydrogen-bond donors (Lipinski definition) is 1. The topological polar surface area (TPSA) is 21.3 Å². The Hall–Kier alpha value is -0.860. The average Bonchev–Trinajstić information content (AvgIpc) is 3.22. The summed E-state index contributed by atoms with van der Waals surface area (Å²) in [5, 5.41) is 3.61. The largest absolute Gasteiger partial charge is 0.376 e. The highest BCUT2D eigenvalue weighted by Crippen LogP contribution is 2.34. The molecular formula is C16H23NO. The van der Waals surface area contributed by atoms with Crippen LogP contribution in [0.5, 0.6) is 0 Å². The molecule has 1 N–H and O–H groups in total. The molecular weight excluding hydrogens is 222 g/mol. The molecule has 18 heavy (non-hydrogen) atoms. The highest BCUT2D eigenvalue weighted by molar-refractivity contribution is 5.33. The fraction of sp³-hybridized carbons (Fsp3) is 0.625. The Labute approximate surface area is 110 Å². The van der Waals surface area contributed by atoms with Gasteiger partial charge in [0.1, 0.15) is 0 Å². The van der Waals surface area contributed by atoms with Crippen molar-refractivity contribution in [3.8, 4) is 0 Å². The lowest BCUT2D eigenvalue weighted by Gasteiger charge is -2.34. The first-order valence-corrected chi connectivity index (χ1v) is 7.31. The molecule has 2 nitrogen and oxygen atoms in total. The second-order valence-electron chi connectivity index (χ2n) is 5.59. The first-order chi connectivity index (χ1) is 8.88. The molecule has 1 fully saturated rings. The second kappa shape index (κ2) is 5.41. The van der Waals surface area contributed by atoms with E-state index in [0.717, 1.165) is 31.9 Å². The van der Waals surface area contributed by atoms with Gasteiger partial charge in [0.15, 0.2) is 0 Å². The first kappa shape index (κ1) is 12.2. The van der Waals surface area contributed by atoms with Gasteiger partial charge in [0.05, 0.1) is 12.1 Å². The van der Waals surface area contributed by atoms with Crippen molar-refractivity contribution in [2.45, 2.75) is 44.8 Å². The molecule has 1 aromatic carbocycles. The number of likely N-dealkylation sites (N-methyl/N-ethyl adjacent to an activating group) is 1. The van der Waals surface area contributed by atoms with Crippen LogP contribution in [-0.4, -0.2) is 19.3 Å². The van der Waals surface area contributed by atoms with Crippen LogP contribution in [0, 0.1) is 5.92 Å². The van der Waals surface area contributed by atoms with E-state index in [1.165, 1.54) is 24.0 Å². The highest BCUT2D eigenvalue weighted by Gasteiger charge is 2.31. The van der Waals surface area contributed by atoms with Gasteiger partial charge in [0.25, 0.3) is 0 Å². The summed E-state index contributed by atoms with van der Waals surface area (Å²) in [6.07, 6.45) is 5.42. The van der Waals surface area contributed by atoms with Crippen LogP contribution in [0.3, 0.4) is 0 Å². The van der Waals surface area contributed by atoms with Crippen molar-refractivity contribution in [3.05, 3.63) is 35.4 Å². The molecule has 0 bridgehead atoms. The van der Waals surface area contributed by atoms with Gasteiger partial charge in [-0.3, -0.25) is 0 Å². The SMILES string of the molecule is CCNC1c2ccccc2CCC1OCC1CC1. The summed E-state index contributed by atoms with van der Waals surface area (Å²) in [4.78, 5) is 0. The third-order valence-electron chi connectivity index (χ3n) is 4.13. The number of nitrogens with one attached hydrogen (secondary N) is 1. The van der Waals surface area contributed by atoms with E-state index in [4.69, 9.17) is 4.74 Å². The molecule has 2 aliphatic rings. The maximum atomic E-state index is 6.17. The Bertz CT molecular complexity index is 400. The average molecular weight is 245 g/mol. The van der Waals surface area contributed by atoms with Gasteiger partial charge < -0.3 is 10.1 Å². The van der Waals surface area contributed by atoms with Gasteiger partial charge in [0.2, 0.25) is 0 Å². The van der Waals surface area contributed by atoms with Gasteiger partial charge >= 0.3 is 0 Å². The standard InChI is InChI=1S/C16H23NO/c1-2-17-16-14-6-4-3-5-13(14)9-10-15(16)18-11-12-7-8-12/h3-6,12,15-17H,2,7-11H2,1H3. The molecule has 0 spiro atoms. The lowest BCUT2D eigenvalue weighted by Crippen LogP contribution is -2.38. The van der Waals surface area contributed by atoms with E-state index in [9.17, 15) is 0 Å². The van der Waals surface area contributed by atoms with E-state index in [-0.39, 0.29) is 0 Å². The Morgan fingerprint density at radius 1 is 1.22 bits per heavy atom. The van der Waals surface area contributed by atoms with E-state index in [1.807, 2.05) is 0 Å².